The van der Waals surface area contributed by atoms with Crippen LogP contribution in [0, 0.1) is 3.57 Å². The largest absolute Gasteiger partial charge is 0.399 e. The average Bonchev–Trinajstić information content (AvgIpc) is 2.39. The predicted molar refractivity (Wildman–Crippen MR) is 83.5 cm³/mol. The first kappa shape index (κ1) is 13.2. The molecule has 0 spiro atoms. The Morgan fingerprint density at radius 1 is 1.17 bits per heavy atom. The summed E-state index contributed by atoms with van der Waals surface area (Å²) < 4.78 is 1.04. The van der Waals surface area contributed by atoms with Gasteiger partial charge in [-0.3, -0.25) is 0 Å². The highest BCUT2D eigenvalue weighted by atomic mass is 127. The molecule has 2 aromatic rings. The highest BCUT2D eigenvalue weighted by molar-refractivity contribution is 14.1. The number of nitrogens with one attached hydrogen (secondary N) is 1. The Balaban J connectivity index is 2.21. The van der Waals surface area contributed by atoms with E-state index >= 15 is 0 Å². The van der Waals surface area contributed by atoms with Crippen molar-refractivity contribution in [3.63, 3.8) is 0 Å². The van der Waals surface area contributed by atoms with E-state index in [-0.39, 0.29) is 12.6 Å². The topological polar surface area (TPSA) is 58.3 Å². The molecule has 4 heteroatoms. The molecule has 1 unspecified atom stereocenters. The van der Waals surface area contributed by atoms with Crippen molar-refractivity contribution in [2.75, 3.05) is 17.7 Å². The van der Waals surface area contributed by atoms with Crippen LogP contribution in [-0.2, 0) is 0 Å². The molecule has 0 bridgehead atoms. The first-order chi connectivity index (χ1) is 8.70. The van der Waals surface area contributed by atoms with Crippen molar-refractivity contribution in [1.29, 1.82) is 0 Å². The predicted octanol–water partition coefficient (Wildman–Crippen LogP) is 3.02. The van der Waals surface area contributed by atoms with E-state index in [9.17, 15) is 5.11 Å². The summed E-state index contributed by atoms with van der Waals surface area (Å²) in [5.41, 5.74) is 8.50. The fourth-order valence-electron chi connectivity index (χ4n) is 1.76. The van der Waals surface area contributed by atoms with Crippen LogP contribution in [0.25, 0.3) is 0 Å². The number of hydrogen-bond donors (Lipinski definition) is 3. The van der Waals surface area contributed by atoms with Crippen LogP contribution in [0.3, 0.4) is 0 Å². The molecule has 3 nitrogen and oxygen atoms in total. The summed E-state index contributed by atoms with van der Waals surface area (Å²) in [6.45, 7) is 0.0461. The number of halogens is 1. The molecular weight excluding hydrogens is 339 g/mol. The van der Waals surface area contributed by atoms with Gasteiger partial charge in [-0.15, -0.1) is 0 Å². The lowest BCUT2D eigenvalue weighted by Crippen LogP contribution is -2.15. The minimum Gasteiger partial charge on any atom is -0.399 e. The number of rotatable bonds is 4. The molecule has 0 saturated carbocycles. The fraction of sp³-hybridized carbons (Fsp3) is 0.143. The van der Waals surface area contributed by atoms with E-state index < -0.39 is 0 Å². The van der Waals surface area contributed by atoms with Gasteiger partial charge in [0.2, 0.25) is 0 Å². The lowest BCUT2D eigenvalue weighted by atomic mass is 10.1. The summed E-state index contributed by atoms with van der Waals surface area (Å²) in [5.74, 6) is 0. The van der Waals surface area contributed by atoms with Crippen molar-refractivity contribution in [1.82, 2.24) is 0 Å². The molecule has 4 N–H and O–H groups in total. The van der Waals surface area contributed by atoms with E-state index in [0.717, 1.165) is 20.5 Å². The molecule has 0 radical (unpaired) electrons. The number of nitrogen functional groups attached to an aromatic ring is 1. The second-order valence-corrected chi connectivity index (χ2v) is 5.19. The molecule has 18 heavy (non-hydrogen) atoms. The van der Waals surface area contributed by atoms with E-state index in [4.69, 9.17) is 5.73 Å². The molecule has 0 saturated heterocycles. The summed E-state index contributed by atoms with van der Waals surface area (Å²) >= 11 is 2.23. The number of aliphatic hydroxyl groups is 1. The Morgan fingerprint density at radius 3 is 2.50 bits per heavy atom. The molecule has 94 valence electrons. The number of anilines is 2. The summed E-state index contributed by atoms with van der Waals surface area (Å²) in [6.07, 6.45) is 0. The van der Waals surface area contributed by atoms with E-state index in [1.54, 1.807) is 0 Å². The molecule has 2 rings (SSSR count). The molecule has 1 atom stereocenters. The van der Waals surface area contributed by atoms with Gasteiger partial charge in [0.25, 0.3) is 0 Å². The number of hydrogen-bond acceptors (Lipinski definition) is 3. The van der Waals surface area contributed by atoms with Gasteiger partial charge in [0.05, 0.1) is 12.6 Å². The van der Waals surface area contributed by atoms with E-state index in [1.165, 1.54) is 0 Å². The minimum absolute atomic E-state index is 0.0461. The first-order valence-corrected chi connectivity index (χ1v) is 6.76. The van der Waals surface area contributed by atoms with Gasteiger partial charge in [0, 0.05) is 14.9 Å². The second-order valence-electron chi connectivity index (χ2n) is 4.03. The summed E-state index contributed by atoms with van der Waals surface area (Å²) in [7, 11) is 0. The van der Waals surface area contributed by atoms with Crippen LogP contribution in [0.2, 0.25) is 0 Å². The van der Waals surface area contributed by atoms with E-state index in [0.29, 0.717) is 0 Å². The van der Waals surface area contributed by atoms with Crippen LogP contribution in [0.5, 0.6) is 0 Å². The van der Waals surface area contributed by atoms with Crippen LogP contribution in [0.15, 0.2) is 48.5 Å². The van der Waals surface area contributed by atoms with Crippen molar-refractivity contribution in [2.45, 2.75) is 6.04 Å². The van der Waals surface area contributed by atoms with Crippen LogP contribution in [-0.4, -0.2) is 11.7 Å². The van der Waals surface area contributed by atoms with E-state index in [1.807, 2.05) is 48.5 Å². The zero-order valence-electron chi connectivity index (χ0n) is 9.81. The highest BCUT2D eigenvalue weighted by Crippen LogP contribution is 2.25. The van der Waals surface area contributed by atoms with Gasteiger partial charge in [-0.2, -0.15) is 0 Å². The third-order valence-electron chi connectivity index (χ3n) is 2.71. The molecule has 0 fully saturated rings. The van der Waals surface area contributed by atoms with Crippen LogP contribution < -0.4 is 11.1 Å². The summed E-state index contributed by atoms with van der Waals surface area (Å²) in [5, 5.41) is 12.8. The van der Waals surface area contributed by atoms with Gasteiger partial charge in [0.1, 0.15) is 0 Å². The normalized spacial score (nSPS) is 12.1. The molecule has 0 aliphatic heterocycles. The van der Waals surface area contributed by atoms with Gasteiger partial charge in [-0.25, -0.2) is 0 Å². The van der Waals surface area contributed by atoms with Crippen molar-refractivity contribution in [3.05, 3.63) is 57.7 Å². The van der Waals surface area contributed by atoms with Gasteiger partial charge in [-0.1, -0.05) is 30.3 Å². The van der Waals surface area contributed by atoms with E-state index in [2.05, 4.69) is 27.9 Å². The van der Waals surface area contributed by atoms with Crippen molar-refractivity contribution >= 4 is 34.0 Å². The zero-order chi connectivity index (χ0) is 13.0. The maximum absolute atomic E-state index is 9.50. The Kier molecular flexibility index (Phi) is 4.43. The smallest absolute Gasteiger partial charge is 0.0745 e. The Bertz CT molecular complexity index is 516. The number of nitrogens with two attached hydrogens (primary N) is 1. The van der Waals surface area contributed by atoms with Gasteiger partial charge in [0.15, 0.2) is 0 Å². The Morgan fingerprint density at radius 2 is 1.89 bits per heavy atom. The highest BCUT2D eigenvalue weighted by Gasteiger charge is 2.11. The maximum atomic E-state index is 9.50. The monoisotopic (exact) mass is 354 g/mol. The fourth-order valence-corrected chi connectivity index (χ4v) is 2.45. The van der Waals surface area contributed by atoms with Gasteiger partial charge < -0.3 is 16.2 Å². The lowest BCUT2D eigenvalue weighted by Gasteiger charge is -2.19. The Hall–Kier alpha value is -1.27. The van der Waals surface area contributed by atoms with Crippen molar-refractivity contribution < 1.29 is 5.11 Å². The van der Waals surface area contributed by atoms with Crippen molar-refractivity contribution in [3.8, 4) is 0 Å². The third kappa shape index (κ3) is 3.14. The second kappa shape index (κ2) is 6.06. The van der Waals surface area contributed by atoms with Crippen LogP contribution >= 0.6 is 22.6 Å². The molecule has 2 aromatic carbocycles. The minimum atomic E-state index is -0.108. The van der Waals surface area contributed by atoms with Crippen molar-refractivity contribution in [2.24, 2.45) is 0 Å². The number of aliphatic hydroxyl groups excluding tert-OH is 1. The first-order valence-electron chi connectivity index (χ1n) is 5.68. The maximum Gasteiger partial charge on any atom is 0.0745 e. The molecule has 0 aromatic heterocycles. The quantitative estimate of drug-likeness (QED) is 0.584. The summed E-state index contributed by atoms with van der Waals surface area (Å²) in [6, 6.07) is 15.5. The molecule has 0 heterocycles. The van der Waals surface area contributed by atoms with Gasteiger partial charge in [-0.05, 0) is 46.4 Å². The lowest BCUT2D eigenvalue weighted by molar-refractivity contribution is 0.276. The molecule has 0 aliphatic carbocycles. The average molecular weight is 354 g/mol. The standard InChI is InChI=1S/C14H15IN2O/c15-12-8-11(16)6-7-13(12)17-14(9-18)10-4-2-1-3-5-10/h1-8,14,17-18H,9,16H2. The molecule has 0 amide bonds. The van der Waals surface area contributed by atoms with Gasteiger partial charge >= 0.3 is 0 Å². The van der Waals surface area contributed by atoms with Crippen LogP contribution in [0.4, 0.5) is 11.4 Å². The number of benzene rings is 2. The summed E-state index contributed by atoms with van der Waals surface area (Å²) in [4.78, 5) is 0. The molecular formula is C14H15IN2O. The zero-order valence-corrected chi connectivity index (χ0v) is 12.0. The molecule has 0 aliphatic rings. The third-order valence-corrected chi connectivity index (χ3v) is 3.60. The SMILES string of the molecule is Nc1ccc(NC(CO)c2ccccc2)c(I)c1. The Labute approximate surface area is 120 Å². The van der Waals surface area contributed by atoms with Crippen LogP contribution in [0.1, 0.15) is 11.6 Å².